The zero-order chi connectivity index (χ0) is 15.7. The Labute approximate surface area is 126 Å². The van der Waals surface area contributed by atoms with Gasteiger partial charge >= 0.3 is 5.97 Å². The van der Waals surface area contributed by atoms with Crippen LogP contribution < -0.4 is 5.73 Å². The van der Waals surface area contributed by atoms with Crippen molar-refractivity contribution in [3.63, 3.8) is 0 Å². The second kappa shape index (κ2) is 9.13. The molecule has 0 aliphatic heterocycles. The maximum atomic E-state index is 11.6. The fourth-order valence-electron chi connectivity index (χ4n) is 2.17. The van der Waals surface area contributed by atoms with Gasteiger partial charge in [0.05, 0.1) is 6.04 Å². The van der Waals surface area contributed by atoms with E-state index in [1.807, 2.05) is 49.2 Å². The molecule has 0 bridgehead atoms. The topological polar surface area (TPSA) is 72.6 Å². The molecule has 0 heterocycles. The second-order valence-electron chi connectivity index (χ2n) is 5.06. The molecular weight excluding hydrogens is 268 g/mol. The lowest BCUT2D eigenvalue weighted by molar-refractivity contribution is -0.145. The highest BCUT2D eigenvalue weighted by Gasteiger charge is 2.18. The zero-order valence-electron chi connectivity index (χ0n) is 12.7. The molecule has 0 saturated carbocycles. The Balaban J connectivity index is 2.23. The van der Waals surface area contributed by atoms with E-state index in [2.05, 4.69) is 0 Å². The first-order chi connectivity index (χ1) is 10.0. The Bertz CT molecular complexity index is 448. The van der Waals surface area contributed by atoms with Gasteiger partial charge in [0, 0.05) is 6.42 Å². The van der Waals surface area contributed by atoms with E-state index in [0.29, 0.717) is 32.4 Å². The molecule has 21 heavy (non-hydrogen) atoms. The molecule has 0 aliphatic carbocycles. The van der Waals surface area contributed by atoms with Gasteiger partial charge in [-0.2, -0.15) is 0 Å². The summed E-state index contributed by atoms with van der Waals surface area (Å²) in [4.78, 5) is 24.7. The quantitative estimate of drug-likeness (QED) is 0.703. The Morgan fingerprint density at radius 3 is 2.52 bits per heavy atom. The van der Waals surface area contributed by atoms with Crippen molar-refractivity contribution in [2.24, 2.45) is 5.73 Å². The number of ether oxygens (including phenoxy) is 1. The first-order valence-corrected chi connectivity index (χ1v) is 7.23. The maximum absolute atomic E-state index is 11.6. The number of carbonyl (C=O) groups excluding carboxylic acids is 2. The van der Waals surface area contributed by atoms with Crippen molar-refractivity contribution >= 4 is 11.9 Å². The number of nitrogens with zero attached hydrogens (tertiary/aromatic N) is 1. The predicted molar refractivity (Wildman–Crippen MR) is 81.4 cm³/mol. The third-order valence-corrected chi connectivity index (χ3v) is 3.38. The van der Waals surface area contributed by atoms with E-state index in [9.17, 15) is 9.59 Å². The summed E-state index contributed by atoms with van der Waals surface area (Å²) in [5.41, 5.74) is 6.29. The van der Waals surface area contributed by atoms with Gasteiger partial charge in [0.1, 0.15) is 6.61 Å². The number of likely N-dealkylation sites (N-methyl/N-ethyl adjacent to an activating group) is 1. The van der Waals surface area contributed by atoms with Gasteiger partial charge in [-0.1, -0.05) is 37.3 Å². The van der Waals surface area contributed by atoms with Gasteiger partial charge in [-0.25, -0.2) is 0 Å². The van der Waals surface area contributed by atoms with Crippen LogP contribution in [0.3, 0.4) is 0 Å². The summed E-state index contributed by atoms with van der Waals surface area (Å²) in [6, 6.07) is 9.30. The largest absolute Gasteiger partial charge is 0.461 e. The number of benzene rings is 1. The third-order valence-electron chi connectivity index (χ3n) is 3.38. The molecule has 0 fully saturated rings. The number of rotatable bonds is 9. The molecule has 1 atom stereocenters. The number of esters is 1. The van der Waals surface area contributed by atoms with Gasteiger partial charge in [0.15, 0.2) is 0 Å². The fraction of sp³-hybridized carbons (Fsp3) is 0.500. The van der Waals surface area contributed by atoms with Gasteiger partial charge < -0.3 is 10.5 Å². The van der Waals surface area contributed by atoms with E-state index in [1.54, 1.807) is 0 Å². The summed E-state index contributed by atoms with van der Waals surface area (Å²) < 4.78 is 5.20. The Morgan fingerprint density at radius 1 is 1.29 bits per heavy atom. The van der Waals surface area contributed by atoms with E-state index in [-0.39, 0.29) is 17.9 Å². The number of carbonyl (C=O) groups is 2. The molecule has 0 aromatic heterocycles. The molecule has 0 spiro atoms. The van der Waals surface area contributed by atoms with Crippen molar-refractivity contribution in [1.82, 2.24) is 4.90 Å². The Morgan fingerprint density at radius 2 is 1.95 bits per heavy atom. The Hall–Kier alpha value is -1.88. The molecule has 0 aliphatic rings. The third kappa shape index (κ3) is 6.40. The minimum absolute atomic E-state index is 0.223. The number of nitrogens with two attached hydrogens (primary N) is 1. The normalized spacial score (nSPS) is 12.1. The predicted octanol–water partition coefficient (Wildman–Crippen LogP) is 1.71. The average molecular weight is 292 g/mol. The lowest BCUT2D eigenvalue weighted by Crippen LogP contribution is -2.42. The van der Waals surface area contributed by atoms with Gasteiger partial charge in [0.25, 0.3) is 0 Å². The first-order valence-electron chi connectivity index (χ1n) is 7.23. The van der Waals surface area contributed by atoms with E-state index in [0.717, 1.165) is 5.56 Å². The van der Waals surface area contributed by atoms with Crippen LogP contribution in [0.25, 0.3) is 0 Å². The lowest BCUT2D eigenvalue weighted by Gasteiger charge is -2.23. The van der Waals surface area contributed by atoms with Gasteiger partial charge in [0.2, 0.25) is 5.91 Å². The molecule has 116 valence electrons. The van der Waals surface area contributed by atoms with E-state index in [1.165, 1.54) is 0 Å². The molecule has 1 rings (SSSR count). The van der Waals surface area contributed by atoms with Crippen LogP contribution in [0.2, 0.25) is 0 Å². The van der Waals surface area contributed by atoms with Crippen LogP contribution in [0.15, 0.2) is 30.3 Å². The summed E-state index contributed by atoms with van der Waals surface area (Å²) in [6.07, 6.45) is 1.66. The van der Waals surface area contributed by atoms with Crippen molar-refractivity contribution in [1.29, 1.82) is 0 Å². The van der Waals surface area contributed by atoms with Crippen LogP contribution in [0.4, 0.5) is 0 Å². The monoisotopic (exact) mass is 292 g/mol. The molecule has 1 unspecified atom stereocenters. The molecule has 5 nitrogen and oxygen atoms in total. The first kappa shape index (κ1) is 17.2. The fourth-order valence-corrected chi connectivity index (χ4v) is 2.17. The molecule has 0 saturated heterocycles. The van der Waals surface area contributed by atoms with Crippen molar-refractivity contribution in [2.45, 2.75) is 38.8 Å². The van der Waals surface area contributed by atoms with Gasteiger partial charge in [-0.05, 0) is 32.0 Å². The van der Waals surface area contributed by atoms with E-state index in [4.69, 9.17) is 10.5 Å². The minimum atomic E-state index is -0.327. The molecule has 1 amide bonds. The highest BCUT2D eigenvalue weighted by molar-refractivity contribution is 5.79. The molecule has 2 N–H and O–H groups in total. The smallest absolute Gasteiger partial charge is 0.306 e. The molecule has 1 aromatic carbocycles. The van der Waals surface area contributed by atoms with Crippen molar-refractivity contribution in [3.8, 4) is 0 Å². The maximum Gasteiger partial charge on any atom is 0.306 e. The number of hydrogen-bond acceptors (Lipinski definition) is 4. The van der Waals surface area contributed by atoms with Gasteiger partial charge in [-0.3, -0.25) is 14.5 Å². The molecule has 0 radical (unpaired) electrons. The minimum Gasteiger partial charge on any atom is -0.461 e. The van der Waals surface area contributed by atoms with Crippen molar-refractivity contribution in [2.75, 3.05) is 13.6 Å². The Kier molecular flexibility index (Phi) is 7.46. The lowest BCUT2D eigenvalue weighted by atomic mass is 10.1. The van der Waals surface area contributed by atoms with Crippen molar-refractivity contribution < 1.29 is 14.3 Å². The standard InChI is InChI=1S/C16H24N2O3/c1-3-14(16(17)20)18(2)11-7-10-15(19)21-12-13-8-5-4-6-9-13/h4-6,8-9,14H,3,7,10-12H2,1-2H3,(H2,17,20). The van der Waals surface area contributed by atoms with Crippen molar-refractivity contribution in [3.05, 3.63) is 35.9 Å². The summed E-state index contributed by atoms with van der Waals surface area (Å²) >= 11 is 0. The molecular formula is C16H24N2O3. The van der Waals surface area contributed by atoms with Crippen LogP contribution in [-0.2, 0) is 20.9 Å². The van der Waals surface area contributed by atoms with E-state index >= 15 is 0 Å². The summed E-state index contributed by atoms with van der Waals surface area (Å²) in [7, 11) is 1.84. The van der Waals surface area contributed by atoms with Crippen LogP contribution in [0.1, 0.15) is 31.7 Å². The number of primary amides is 1. The summed E-state index contributed by atoms with van der Waals surface area (Å²) in [6.45, 7) is 2.86. The summed E-state index contributed by atoms with van der Waals surface area (Å²) in [5, 5.41) is 0. The SMILES string of the molecule is CCC(C(N)=O)N(C)CCCC(=O)OCc1ccccc1. The van der Waals surface area contributed by atoms with Crippen LogP contribution in [-0.4, -0.2) is 36.4 Å². The zero-order valence-corrected chi connectivity index (χ0v) is 12.7. The number of hydrogen-bond donors (Lipinski definition) is 1. The summed E-state index contributed by atoms with van der Waals surface area (Å²) in [5.74, 6) is -0.550. The number of amides is 1. The van der Waals surface area contributed by atoms with Crippen LogP contribution >= 0.6 is 0 Å². The highest BCUT2D eigenvalue weighted by Crippen LogP contribution is 2.05. The highest BCUT2D eigenvalue weighted by atomic mass is 16.5. The average Bonchev–Trinajstić information content (AvgIpc) is 2.46. The van der Waals surface area contributed by atoms with Gasteiger partial charge in [-0.15, -0.1) is 0 Å². The van der Waals surface area contributed by atoms with E-state index < -0.39 is 0 Å². The van der Waals surface area contributed by atoms with Crippen LogP contribution in [0, 0.1) is 0 Å². The second-order valence-corrected chi connectivity index (χ2v) is 5.06. The van der Waals surface area contributed by atoms with Crippen LogP contribution in [0.5, 0.6) is 0 Å². The molecule has 5 heteroatoms. The molecule has 1 aromatic rings.